The largest absolute Gasteiger partial charge is 0.494 e. The van der Waals surface area contributed by atoms with Crippen LogP contribution in [0.2, 0.25) is 0 Å². The Labute approximate surface area is 306 Å². The third kappa shape index (κ3) is 6.57. The van der Waals surface area contributed by atoms with E-state index in [2.05, 4.69) is 25.3 Å². The first-order chi connectivity index (χ1) is 26.2. The molecule has 272 valence electrons. The zero-order valence-corrected chi connectivity index (χ0v) is 28.8. The zero-order chi connectivity index (χ0) is 37.3. The minimum Gasteiger partial charge on any atom is -0.494 e. The molecule has 0 unspecified atom stereocenters. The van der Waals surface area contributed by atoms with Crippen molar-refractivity contribution in [1.29, 1.82) is 0 Å². The zero-order valence-electron chi connectivity index (χ0n) is 28.8. The highest BCUT2D eigenvalue weighted by Gasteiger charge is 2.30. The Morgan fingerprint density at radius 3 is 2.44 bits per heavy atom. The average molecular weight is 730 g/mol. The third-order valence-corrected chi connectivity index (χ3v) is 9.70. The van der Waals surface area contributed by atoms with Gasteiger partial charge in [0.1, 0.15) is 29.7 Å². The molecule has 0 aliphatic carbocycles. The SMILES string of the molecule is O=C(CCCO/N=C1/C(c2c(O)[nH]c3ccccc23)=Nc2ccc(F)cc21)N1CCN(C(=O)c2cc(Cc3n[nH]c(=O)c4ccccc34)ccc2F)CC1. The number of rotatable bonds is 9. The van der Waals surface area contributed by atoms with Crippen LogP contribution in [0.4, 0.5) is 14.5 Å². The lowest BCUT2D eigenvalue weighted by Gasteiger charge is -2.35. The van der Waals surface area contributed by atoms with E-state index in [1.807, 2.05) is 30.3 Å². The van der Waals surface area contributed by atoms with Gasteiger partial charge < -0.3 is 24.7 Å². The van der Waals surface area contributed by atoms with Crippen LogP contribution in [0.3, 0.4) is 0 Å². The molecule has 4 heterocycles. The van der Waals surface area contributed by atoms with Gasteiger partial charge in [-0.3, -0.25) is 14.4 Å². The van der Waals surface area contributed by atoms with Gasteiger partial charge in [-0.2, -0.15) is 5.10 Å². The third-order valence-electron chi connectivity index (χ3n) is 9.70. The predicted octanol–water partition coefficient (Wildman–Crippen LogP) is 5.60. The Morgan fingerprint density at radius 2 is 1.63 bits per heavy atom. The summed E-state index contributed by atoms with van der Waals surface area (Å²) < 4.78 is 29.2. The summed E-state index contributed by atoms with van der Waals surface area (Å²) in [5.74, 6) is -1.80. The molecule has 4 aromatic carbocycles. The van der Waals surface area contributed by atoms with E-state index in [0.717, 1.165) is 5.39 Å². The molecule has 0 saturated carbocycles. The Kier molecular flexibility index (Phi) is 9.15. The lowest BCUT2D eigenvalue weighted by atomic mass is 10.0. The van der Waals surface area contributed by atoms with Crippen molar-refractivity contribution in [3.63, 3.8) is 0 Å². The maximum absolute atomic E-state index is 15.0. The van der Waals surface area contributed by atoms with E-state index >= 15 is 0 Å². The standard InChI is InChI=1S/C40H33F2N7O5/c41-24-12-14-32-29(22-24)36(37(43-32)35-27-8-3-4-9-31(27)44-39(35)52)47-54-19-5-10-34(50)48-15-17-49(18-16-48)40(53)28-20-23(11-13-30(28)42)21-33-25-6-1-2-7-26(25)38(51)46-45-33/h1-4,6-9,11-14,20,22,44,52H,5,10,15-19,21H2,(H,46,51)/b47-36+. The van der Waals surface area contributed by atoms with Crippen molar-refractivity contribution in [3.8, 4) is 5.88 Å². The second-order valence-corrected chi connectivity index (χ2v) is 13.1. The van der Waals surface area contributed by atoms with Crippen LogP contribution in [0, 0.1) is 11.6 Å². The van der Waals surface area contributed by atoms with Gasteiger partial charge in [-0.1, -0.05) is 47.6 Å². The predicted molar refractivity (Wildman–Crippen MR) is 198 cm³/mol. The molecule has 2 aromatic heterocycles. The van der Waals surface area contributed by atoms with Crippen LogP contribution in [0.25, 0.3) is 21.7 Å². The van der Waals surface area contributed by atoms with Crippen LogP contribution in [0.1, 0.15) is 45.6 Å². The second-order valence-electron chi connectivity index (χ2n) is 13.1. The lowest BCUT2D eigenvalue weighted by molar-refractivity contribution is -0.133. The molecule has 3 N–H and O–H groups in total. The van der Waals surface area contributed by atoms with Crippen molar-refractivity contribution in [2.45, 2.75) is 19.3 Å². The summed E-state index contributed by atoms with van der Waals surface area (Å²) >= 11 is 0. The van der Waals surface area contributed by atoms with Crippen LogP contribution in [-0.4, -0.2) is 86.1 Å². The Bertz CT molecular complexity index is 2570. The Balaban J connectivity index is 0.866. The highest BCUT2D eigenvalue weighted by Crippen LogP contribution is 2.36. The van der Waals surface area contributed by atoms with E-state index in [1.165, 1.54) is 35.2 Å². The van der Waals surface area contributed by atoms with Crippen LogP contribution < -0.4 is 5.56 Å². The summed E-state index contributed by atoms with van der Waals surface area (Å²) in [5, 5.41) is 23.6. The summed E-state index contributed by atoms with van der Waals surface area (Å²) in [7, 11) is 0. The maximum atomic E-state index is 15.0. The molecule has 6 aromatic rings. The normalized spacial score (nSPS) is 14.9. The summed E-state index contributed by atoms with van der Waals surface area (Å²) in [6, 6.07) is 22.9. The highest BCUT2D eigenvalue weighted by atomic mass is 19.1. The topological polar surface area (TPSA) is 156 Å². The van der Waals surface area contributed by atoms with Crippen molar-refractivity contribution in [1.82, 2.24) is 25.0 Å². The van der Waals surface area contributed by atoms with Crippen molar-refractivity contribution in [2.75, 3.05) is 32.8 Å². The number of aromatic nitrogens is 3. The Morgan fingerprint density at radius 1 is 0.889 bits per heavy atom. The van der Waals surface area contributed by atoms with Gasteiger partial charge in [0, 0.05) is 60.9 Å². The fraction of sp³-hybridized carbons (Fsp3) is 0.200. The number of benzene rings is 4. The molecule has 2 amide bonds. The highest BCUT2D eigenvalue weighted by molar-refractivity contribution is 6.58. The molecular weight excluding hydrogens is 696 g/mol. The van der Waals surface area contributed by atoms with Crippen LogP contribution in [0.15, 0.2) is 99.9 Å². The number of H-pyrrole nitrogens is 2. The van der Waals surface area contributed by atoms with Crippen LogP contribution in [-0.2, 0) is 16.1 Å². The van der Waals surface area contributed by atoms with Crippen LogP contribution in [0.5, 0.6) is 5.88 Å². The molecule has 8 rings (SSSR count). The van der Waals surface area contributed by atoms with Crippen molar-refractivity contribution in [3.05, 3.63) is 135 Å². The number of hydrogen-bond donors (Lipinski definition) is 3. The first-order valence-corrected chi connectivity index (χ1v) is 17.5. The molecule has 54 heavy (non-hydrogen) atoms. The number of amides is 2. The number of nitrogens with zero attached hydrogens (tertiary/aromatic N) is 5. The van der Waals surface area contributed by atoms with E-state index in [9.17, 15) is 28.3 Å². The summed E-state index contributed by atoms with van der Waals surface area (Å²) in [6.07, 6.45) is 0.788. The molecule has 1 saturated heterocycles. The van der Waals surface area contributed by atoms with Crippen LogP contribution >= 0.6 is 0 Å². The van der Waals surface area contributed by atoms with Gasteiger partial charge in [0.15, 0.2) is 5.88 Å². The summed E-state index contributed by atoms with van der Waals surface area (Å²) in [6.45, 7) is 1.15. The molecule has 2 aliphatic rings. The number of carbonyl (C=O) groups is 2. The Hall–Kier alpha value is -6.70. The minimum atomic E-state index is -0.645. The number of piperazine rings is 1. The fourth-order valence-corrected chi connectivity index (χ4v) is 6.96. The monoisotopic (exact) mass is 729 g/mol. The number of aromatic hydroxyl groups is 1. The number of fused-ring (bicyclic) bond motifs is 3. The van der Waals surface area contributed by atoms with Crippen molar-refractivity contribution >= 4 is 50.6 Å². The number of aliphatic imine (C=N–C) groups is 1. The number of aromatic amines is 2. The van der Waals surface area contributed by atoms with Gasteiger partial charge in [0.25, 0.3) is 11.5 Å². The molecular formula is C40H33F2N7O5. The molecule has 0 atom stereocenters. The number of para-hydroxylation sites is 1. The molecule has 14 heteroatoms. The molecule has 1 fully saturated rings. The van der Waals surface area contributed by atoms with Gasteiger partial charge in [-0.05, 0) is 54.4 Å². The number of halogens is 2. The first kappa shape index (κ1) is 34.4. The van der Waals surface area contributed by atoms with Gasteiger partial charge in [0.2, 0.25) is 5.91 Å². The molecule has 0 spiro atoms. The van der Waals surface area contributed by atoms with E-state index in [-0.39, 0.29) is 61.2 Å². The van der Waals surface area contributed by atoms with E-state index in [1.54, 1.807) is 29.2 Å². The fourth-order valence-electron chi connectivity index (χ4n) is 6.96. The first-order valence-electron chi connectivity index (χ1n) is 17.5. The summed E-state index contributed by atoms with van der Waals surface area (Å²) in [4.78, 5) is 55.1. The average Bonchev–Trinajstić information content (AvgIpc) is 3.71. The van der Waals surface area contributed by atoms with E-state index < -0.39 is 17.5 Å². The number of hydrogen-bond acceptors (Lipinski definition) is 8. The van der Waals surface area contributed by atoms with Gasteiger partial charge in [0.05, 0.1) is 27.9 Å². The van der Waals surface area contributed by atoms with E-state index in [0.29, 0.717) is 69.6 Å². The number of carbonyl (C=O) groups excluding carboxylic acids is 2. The molecule has 12 nitrogen and oxygen atoms in total. The number of nitrogens with one attached hydrogen (secondary N) is 2. The minimum absolute atomic E-state index is 0.0690. The second kappa shape index (κ2) is 14.4. The lowest BCUT2D eigenvalue weighted by Crippen LogP contribution is -2.50. The smallest absolute Gasteiger partial charge is 0.272 e. The number of oxime groups is 1. The van der Waals surface area contributed by atoms with Gasteiger partial charge in [-0.15, -0.1) is 0 Å². The van der Waals surface area contributed by atoms with Crippen molar-refractivity contribution in [2.24, 2.45) is 10.1 Å². The molecule has 0 radical (unpaired) electrons. The van der Waals surface area contributed by atoms with Crippen molar-refractivity contribution < 1.29 is 28.3 Å². The quantitative estimate of drug-likeness (QED) is 0.130. The van der Waals surface area contributed by atoms with Gasteiger partial charge >= 0.3 is 0 Å². The summed E-state index contributed by atoms with van der Waals surface area (Å²) in [5.41, 5.74) is 3.52. The molecule has 2 aliphatic heterocycles. The molecule has 0 bridgehead atoms. The van der Waals surface area contributed by atoms with E-state index in [4.69, 9.17) is 4.84 Å². The maximum Gasteiger partial charge on any atom is 0.272 e. The van der Waals surface area contributed by atoms with Gasteiger partial charge in [-0.25, -0.2) is 18.9 Å².